The summed E-state index contributed by atoms with van der Waals surface area (Å²) < 4.78 is 8.66. The van der Waals surface area contributed by atoms with Crippen LogP contribution in [0, 0.1) is 26.1 Å². The molecule has 0 saturated carbocycles. The summed E-state index contributed by atoms with van der Waals surface area (Å²) in [5.41, 5.74) is 10.9. The number of fused-ring (bicyclic) bond motifs is 3. The third kappa shape index (κ3) is 7.64. The number of hydrogen-bond acceptors (Lipinski definition) is 4. The summed E-state index contributed by atoms with van der Waals surface area (Å²) in [6.45, 7) is 17.8. The summed E-state index contributed by atoms with van der Waals surface area (Å²) in [5.74, 6) is 2.76. The van der Waals surface area contributed by atoms with Crippen molar-refractivity contribution in [3.8, 4) is 17.3 Å². The van der Waals surface area contributed by atoms with Crippen LogP contribution < -0.4 is 15.0 Å². The summed E-state index contributed by atoms with van der Waals surface area (Å²) in [7, 11) is 4.48. The maximum Gasteiger partial charge on any atom is 0.135 e. The Bertz CT molecular complexity index is 2370. The van der Waals surface area contributed by atoms with E-state index in [9.17, 15) is 0 Å². The normalized spacial score (nSPS) is 11.7. The van der Waals surface area contributed by atoms with Gasteiger partial charge in [-0.1, -0.05) is 102 Å². The molecule has 7 rings (SSSR count). The van der Waals surface area contributed by atoms with Gasteiger partial charge in [-0.25, -0.2) is 4.98 Å². The van der Waals surface area contributed by atoms with Gasteiger partial charge in [-0.3, -0.25) is 7.05 Å². The van der Waals surface area contributed by atoms with Crippen LogP contribution in [-0.2, 0) is 26.5 Å². The first-order chi connectivity index (χ1) is 24.9. The molecule has 53 heavy (non-hydrogen) atoms. The number of nitrogens with one attached hydrogen (secondary N) is 1. The van der Waals surface area contributed by atoms with E-state index in [1.54, 1.807) is 0 Å². The van der Waals surface area contributed by atoms with Gasteiger partial charge in [-0.15, -0.1) is 41.4 Å². The molecule has 0 unspecified atom stereocenters. The van der Waals surface area contributed by atoms with Crippen molar-refractivity contribution in [2.45, 2.75) is 72.6 Å². The number of aryl methyl sites for hydroxylation is 1. The molecule has 0 saturated heterocycles. The van der Waals surface area contributed by atoms with Crippen LogP contribution in [0.2, 0.25) is 0 Å². The first-order valence-corrected chi connectivity index (χ1v) is 18.1. The van der Waals surface area contributed by atoms with Gasteiger partial charge in [0.25, 0.3) is 0 Å². The minimum atomic E-state index is -0.0113. The molecule has 0 spiro atoms. The molecular formula is C47H47N4OPt-3. The van der Waals surface area contributed by atoms with Gasteiger partial charge in [-0.05, 0) is 76.6 Å². The van der Waals surface area contributed by atoms with Crippen molar-refractivity contribution >= 4 is 44.6 Å². The van der Waals surface area contributed by atoms with Crippen molar-refractivity contribution < 1.29 is 25.8 Å². The van der Waals surface area contributed by atoms with Gasteiger partial charge in [0.2, 0.25) is 0 Å². The largest absolute Gasteiger partial charge is 0.516 e. The molecule has 2 aromatic heterocycles. The Balaban J connectivity index is 0.00000481. The molecule has 0 aliphatic rings. The Kier molecular flexibility index (Phi) is 10.9. The number of ether oxygens (including phenoxy) is 1. The summed E-state index contributed by atoms with van der Waals surface area (Å²) >= 11 is 0. The van der Waals surface area contributed by atoms with E-state index >= 15 is 0 Å². The van der Waals surface area contributed by atoms with E-state index in [4.69, 9.17) is 9.72 Å². The molecule has 0 bridgehead atoms. The van der Waals surface area contributed by atoms with Crippen LogP contribution in [-0.4, -0.2) is 9.55 Å². The van der Waals surface area contributed by atoms with Gasteiger partial charge in [-0.2, -0.15) is 12.1 Å². The zero-order chi connectivity index (χ0) is 36.7. The van der Waals surface area contributed by atoms with Gasteiger partial charge in [0.15, 0.2) is 0 Å². The van der Waals surface area contributed by atoms with Gasteiger partial charge in [0.1, 0.15) is 5.82 Å². The summed E-state index contributed by atoms with van der Waals surface area (Å²) in [5, 5.41) is 6.06. The number of anilines is 4. The molecule has 0 atom stereocenters. The van der Waals surface area contributed by atoms with Crippen molar-refractivity contribution in [1.82, 2.24) is 9.55 Å². The zero-order valence-electron chi connectivity index (χ0n) is 31.8. The van der Waals surface area contributed by atoms with Crippen molar-refractivity contribution in [2.24, 2.45) is 0 Å². The number of benzene rings is 5. The molecule has 274 valence electrons. The minimum absolute atomic E-state index is 0. The van der Waals surface area contributed by atoms with Crippen molar-refractivity contribution in [3.05, 3.63) is 151 Å². The fourth-order valence-electron chi connectivity index (χ4n) is 6.93. The maximum absolute atomic E-state index is 6.48. The van der Waals surface area contributed by atoms with Gasteiger partial charge in [0, 0.05) is 55.7 Å². The number of pyridine rings is 1. The second-order valence-corrected chi connectivity index (χ2v) is 15.3. The standard InChI is InChI=1S/C47H47N4O.Pt/c1-30(2)39-25-32(5)26-40(31(3)4)46(39)49-41-18-11-13-20-43(41)50(9)34-15-14-16-35(28-34)52-36-21-22-38-37-17-10-12-19-42(37)51(44(38)29-36)45-27-33(23-24-48-45)47(6,7)8;/h10-27,30-31,49H,9H2,1-8H3;/q-3;. The van der Waals surface area contributed by atoms with Crippen LogP contribution in [0.25, 0.3) is 27.6 Å². The summed E-state index contributed by atoms with van der Waals surface area (Å²) in [6, 6.07) is 42.6. The van der Waals surface area contributed by atoms with E-state index in [-0.39, 0.29) is 26.5 Å². The minimum Gasteiger partial charge on any atom is -0.516 e. The van der Waals surface area contributed by atoms with E-state index in [2.05, 4.69) is 157 Å². The number of rotatable bonds is 9. The van der Waals surface area contributed by atoms with Crippen LogP contribution in [0.1, 0.15) is 82.6 Å². The second kappa shape index (κ2) is 15.2. The fourth-order valence-corrected chi connectivity index (χ4v) is 6.93. The summed E-state index contributed by atoms with van der Waals surface area (Å²) in [6.07, 6.45) is 1.89. The molecule has 6 heteroatoms. The number of hydrogen-bond donors (Lipinski definition) is 1. The van der Waals surface area contributed by atoms with E-state index in [1.807, 2.05) is 41.4 Å². The van der Waals surface area contributed by atoms with Crippen LogP contribution >= 0.6 is 0 Å². The Morgan fingerprint density at radius 1 is 0.774 bits per heavy atom. The quantitative estimate of drug-likeness (QED) is 0.147. The van der Waals surface area contributed by atoms with E-state index in [0.29, 0.717) is 23.3 Å². The van der Waals surface area contributed by atoms with Gasteiger partial charge in [0.05, 0.1) is 5.69 Å². The first kappa shape index (κ1) is 37.9. The second-order valence-electron chi connectivity index (χ2n) is 15.3. The molecule has 5 nitrogen and oxygen atoms in total. The molecule has 0 aliphatic carbocycles. The molecule has 5 aromatic carbocycles. The van der Waals surface area contributed by atoms with Crippen molar-refractivity contribution in [3.63, 3.8) is 0 Å². The van der Waals surface area contributed by atoms with E-state index in [1.165, 1.54) is 27.9 Å². The van der Waals surface area contributed by atoms with Crippen molar-refractivity contribution in [1.29, 1.82) is 0 Å². The Hall–Kier alpha value is -4.86. The smallest absolute Gasteiger partial charge is 0.135 e. The van der Waals surface area contributed by atoms with Crippen LogP contribution in [0.4, 0.5) is 22.7 Å². The van der Waals surface area contributed by atoms with Gasteiger partial charge >= 0.3 is 0 Å². The monoisotopic (exact) mass is 878 g/mol. The molecule has 7 aromatic rings. The molecular weight excluding hydrogens is 832 g/mol. The van der Waals surface area contributed by atoms with Gasteiger partial charge < -0.3 is 19.5 Å². The van der Waals surface area contributed by atoms with E-state index in [0.717, 1.165) is 44.7 Å². The third-order valence-corrected chi connectivity index (χ3v) is 9.70. The maximum atomic E-state index is 6.48. The molecule has 0 aliphatic heterocycles. The average Bonchev–Trinajstić information content (AvgIpc) is 3.45. The Morgan fingerprint density at radius 2 is 1.45 bits per heavy atom. The molecule has 0 amide bonds. The van der Waals surface area contributed by atoms with Crippen LogP contribution in [0.15, 0.2) is 109 Å². The average molecular weight is 879 g/mol. The molecule has 0 fully saturated rings. The molecule has 2 heterocycles. The molecule has 0 radical (unpaired) electrons. The molecule has 1 N–H and O–H groups in total. The van der Waals surface area contributed by atoms with E-state index < -0.39 is 0 Å². The Labute approximate surface area is 329 Å². The number of aromatic nitrogens is 2. The first-order valence-electron chi connectivity index (χ1n) is 18.1. The number of nitrogens with zero attached hydrogens (tertiary/aromatic N) is 3. The third-order valence-electron chi connectivity index (χ3n) is 9.70. The fraction of sp³-hybridized carbons (Fsp3) is 0.234. The zero-order valence-corrected chi connectivity index (χ0v) is 34.1. The SMILES string of the molecule is [CH2-]N(c1[c-]c(Oc2[c-]c3c(cc2)c2ccccc2n3-c2cc(C(C)(C)C)ccn2)ccc1)c1ccccc1Nc1c(C(C)C)cc(C)cc1C(C)C.[Pt]. The predicted octanol–water partition coefficient (Wildman–Crippen LogP) is 13.1. The van der Waals surface area contributed by atoms with Crippen LogP contribution in [0.5, 0.6) is 11.5 Å². The predicted molar refractivity (Wildman–Crippen MR) is 218 cm³/mol. The summed E-state index contributed by atoms with van der Waals surface area (Å²) in [4.78, 5) is 6.72. The Morgan fingerprint density at radius 3 is 2.17 bits per heavy atom. The number of para-hydroxylation sites is 3. The topological polar surface area (TPSA) is 42.3 Å². The van der Waals surface area contributed by atoms with Crippen LogP contribution in [0.3, 0.4) is 0 Å². The van der Waals surface area contributed by atoms with Crippen molar-refractivity contribution in [2.75, 3.05) is 10.2 Å².